The lowest BCUT2D eigenvalue weighted by Gasteiger charge is -2.21. The van der Waals surface area contributed by atoms with Gasteiger partial charge < -0.3 is 5.11 Å². The number of benzene rings is 2. The summed E-state index contributed by atoms with van der Waals surface area (Å²) in [6.07, 6.45) is 0. The van der Waals surface area contributed by atoms with Gasteiger partial charge in [-0.25, -0.2) is 22.4 Å². The Kier molecular flexibility index (Phi) is 6.09. The SMILES string of the molecule is O=c1cc(O)n(CC(F)(F)c2cc(F)cc(F)c2)c(=O)n1CC(F)(F)c1cc(F)cc(F)c1. The fourth-order valence-corrected chi connectivity index (χ4v) is 3.01. The van der Waals surface area contributed by atoms with E-state index in [1.807, 2.05) is 0 Å². The van der Waals surface area contributed by atoms with Gasteiger partial charge in [-0.2, -0.15) is 17.6 Å². The van der Waals surface area contributed by atoms with Crippen molar-refractivity contribution in [3.05, 3.63) is 97.7 Å². The first-order valence-corrected chi connectivity index (χ1v) is 8.92. The third-order valence-electron chi connectivity index (χ3n) is 4.54. The minimum atomic E-state index is -4.21. The Labute approximate surface area is 178 Å². The minimum Gasteiger partial charge on any atom is -0.494 e. The first-order chi connectivity index (χ1) is 15.2. The molecule has 0 saturated heterocycles. The van der Waals surface area contributed by atoms with Gasteiger partial charge in [-0.1, -0.05) is 0 Å². The van der Waals surface area contributed by atoms with Crippen LogP contribution in [0.3, 0.4) is 0 Å². The van der Waals surface area contributed by atoms with Crippen LogP contribution in [0, 0.1) is 23.3 Å². The number of alkyl halides is 4. The predicted molar refractivity (Wildman–Crippen MR) is 97.1 cm³/mol. The molecule has 3 rings (SSSR count). The molecule has 1 heterocycles. The van der Waals surface area contributed by atoms with E-state index in [0.29, 0.717) is 12.1 Å². The molecule has 3 aromatic rings. The van der Waals surface area contributed by atoms with E-state index in [1.54, 1.807) is 0 Å². The summed E-state index contributed by atoms with van der Waals surface area (Å²) in [6.45, 7) is -3.59. The van der Waals surface area contributed by atoms with E-state index >= 15 is 0 Å². The van der Waals surface area contributed by atoms with E-state index in [-0.39, 0.29) is 39.5 Å². The summed E-state index contributed by atoms with van der Waals surface area (Å²) in [5.74, 6) is -15.2. The normalized spacial score (nSPS) is 12.2. The van der Waals surface area contributed by atoms with Crippen molar-refractivity contribution in [3.63, 3.8) is 0 Å². The van der Waals surface area contributed by atoms with Gasteiger partial charge in [0.15, 0.2) is 0 Å². The van der Waals surface area contributed by atoms with Crippen LogP contribution in [-0.4, -0.2) is 14.2 Å². The van der Waals surface area contributed by atoms with Crippen molar-refractivity contribution in [2.75, 3.05) is 0 Å². The number of aromatic nitrogens is 2. The Bertz CT molecular complexity index is 1290. The van der Waals surface area contributed by atoms with Crippen LogP contribution in [0.5, 0.6) is 5.88 Å². The predicted octanol–water partition coefficient (Wildman–Crippen LogP) is 3.86. The third kappa shape index (κ3) is 5.07. The highest BCUT2D eigenvalue weighted by atomic mass is 19.3. The molecule has 0 amide bonds. The van der Waals surface area contributed by atoms with Crippen molar-refractivity contribution in [1.82, 2.24) is 9.13 Å². The maximum Gasteiger partial charge on any atom is 0.334 e. The molecule has 0 radical (unpaired) electrons. The molecule has 0 saturated carbocycles. The number of aromatic hydroxyl groups is 1. The topological polar surface area (TPSA) is 64.2 Å². The van der Waals surface area contributed by atoms with Crippen molar-refractivity contribution in [3.8, 4) is 5.88 Å². The average molecular weight is 480 g/mol. The van der Waals surface area contributed by atoms with E-state index in [2.05, 4.69) is 0 Å². The Balaban J connectivity index is 2.04. The van der Waals surface area contributed by atoms with E-state index in [4.69, 9.17) is 0 Å². The van der Waals surface area contributed by atoms with Gasteiger partial charge in [-0.05, 0) is 24.3 Å². The summed E-state index contributed by atoms with van der Waals surface area (Å²) in [5, 5.41) is 9.79. The molecule has 33 heavy (non-hydrogen) atoms. The highest BCUT2D eigenvalue weighted by Gasteiger charge is 2.37. The minimum absolute atomic E-state index is 0.160. The molecule has 1 aromatic heterocycles. The first-order valence-electron chi connectivity index (χ1n) is 8.92. The fraction of sp³-hybridized carbons (Fsp3) is 0.200. The third-order valence-corrected chi connectivity index (χ3v) is 4.54. The highest BCUT2D eigenvalue weighted by molar-refractivity contribution is 5.24. The van der Waals surface area contributed by atoms with Gasteiger partial charge in [0.05, 0.1) is 19.2 Å². The largest absolute Gasteiger partial charge is 0.494 e. The van der Waals surface area contributed by atoms with Crippen molar-refractivity contribution < 1.29 is 40.2 Å². The summed E-state index contributed by atoms with van der Waals surface area (Å²) < 4.78 is 111. The lowest BCUT2D eigenvalue weighted by molar-refractivity contribution is -0.0320. The van der Waals surface area contributed by atoms with E-state index < -0.39 is 76.5 Å². The summed E-state index contributed by atoms with van der Waals surface area (Å²) in [5.41, 5.74) is -5.82. The zero-order valence-corrected chi connectivity index (χ0v) is 16.1. The first kappa shape index (κ1) is 24.0. The molecule has 0 fully saturated rings. The molecule has 13 heteroatoms. The van der Waals surface area contributed by atoms with Crippen LogP contribution < -0.4 is 11.2 Å². The quantitative estimate of drug-likeness (QED) is 0.546. The van der Waals surface area contributed by atoms with Gasteiger partial charge in [-0.15, -0.1) is 0 Å². The second-order valence-corrected chi connectivity index (χ2v) is 7.02. The Morgan fingerprint density at radius 3 is 1.39 bits per heavy atom. The average Bonchev–Trinajstić information content (AvgIpc) is 2.67. The van der Waals surface area contributed by atoms with Crippen LogP contribution in [-0.2, 0) is 24.9 Å². The van der Waals surface area contributed by atoms with Crippen molar-refractivity contribution in [1.29, 1.82) is 0 Å². The van der Waals surface area contributed by atoms with Crippen LogP contribution >= 0.6 is 0 Å². The lowest BCUT2D eigenvalue weighted by atomic mass is 10.1. The summed E-state index contributed by atoms with van der Waals surface area (Å²) in [6, 6.07) is 1.81. The van der Waals surface area contributed by atoms with E-state index in [9.17, 15) is 49.8 Å². The monoisotopic (exact) mass is 480 g/mol. The molecule has 2 aromatic carbocycles. The van der Waals surface area contributed by atoms with E-state index in [0.717, 1.165) is 0 Å². The fourth-order valence-electron chi connectivity index (χ4n) is 3.01. The van der Waals surface area contributed by atoms with E-state index in [1.165, 1.54) is 0 Å². The molecule has 0 spiro atoms. The van der Waals surface area contributed by atoms with Crippen LogP contribution in [0.1, 0.15) is 11.1 Å². The molecule has 0 atom stereocenters. The number of hydrogen-bond acceptors (Lipinski definition) is 3. The molecular weight excluding hydrogens is 468 g/mol. The second kappa shape index (κ2) is 8.37. The van der Waals surface area contributed by atoms with Crippen molar-refractivity contribution in [2.24, 2.45) is 0 Å². The molecule has 0 bridgehead atoms. The number of nitrogens with zero attached hydrogens (tertiary/aromatic N) is 2. The molecule has 0 aliphatic carbocycles. The summed E-state index contributed by atoms with van der Waals surface area (Å²) in [7, 11) is 0. The maximum atomic E-state index is 14.6. The Hall–Kier alpha value is -3.64. The zero-order chi connectivity index (χ0) is 24.7. The van der Waals surface area contributed by atoms with Crippen molar-refractivity contribution >= 4 is 0 Å². The Morgan fingerprint density at radius 2 is 1.00 bits per heavy atom. The molecule has 0 unspecified atom stereocenters. The standard InChI is InChI=1S/C20H12F8N2O3/c21-12-1-10(2-13(22)5-12)19(25,26)8-29-16(31)7-17(32)30(18(29)33)9-20(27,28)11-3-14(23)6-15(24)4-11/h1-7,31H,8-9H2. The molecule has 5 nitrogen and oxygen atoms in total. The van der Waals surface area contributed by atoms with Gasteiger partial charge in [-0.3, -0.25) is 13.9 Å². The molecular formula is C20H12F8N2O3. The molecule has 0 aliphatic heterocycles. The smallest absolute Gasteiger partial charge is 0.334 e. The van der Waals surface area contributed by atoms with Crippen LogP contribution in [0.25, 0.3) is 0 Å². The van der Waals surface area contributed by atoms with Gasteiger partial charge >= 0.3 is 5.69 Å². The number of rotatable bonds is 6. The van der Waals surface area contributed by atoms with Crippen LogP contribution in [0.2, 0.25) is 0 Å². The molecule has 1 N–H and O–H groups in total. The van der Waals surface area contributed by atoms with Gasteiger partial charge in [0.1, 0.15) is 23.3 Å². The second-order valence-electron chi connectivity index (χ2n) is 7.02. The van der Waals surface area contributed by atoms with Crippen molar-refractivity contribution in [2.45, 2.75) is 24.9 Å². The molecule has 0 aliphatic rings. The summed E-state index contributed by atoms with van der Waals surface area (Å²) in [4.78, 5) is 24.5. The maximum absolute atomic E-state index is 14.6. The highest BCUT2D eigenvalue weighted by Crippen LogP contribution is 2.32. The van der Waals surface area contributed by atoms with Crippen LogP contribution in [0.4, 0.5) is 35.1 Å². The molecule has 176 valence electrons. The van der Waals surface area contributed by atoms with Crippen LogP contribution in [0.15, 0.2) is 52.1 Å². The zero-order valence-electron chi connectivity index (χ0n) is 16.1. The summed E-state index contributed by atoms with van der Waals surface area (Å²) >= 11 is 0. The lowest BCUT2D eigenvalue weighted by Crippen LogP contribution is -2.44. The van der Waals surface area contributed by atoms with Gasteiger partial charge in [0.25, 0.3) is 17.4 Å². The van der Waals surface area contributed by atoms with Gasteiger partial charge in [0, 0.05) is 23.3 Å². The Morgan fingerprint density at radius 1 is 0.636 bits per heavy atom. The number of halogens is 8. The number of hydrogen-bond donors (Lipinski definition) is 1. The van der Waals surface area contributed by atoms with Gasteiger partial charge in [0.2, 0.25) is 5.88 Å².